The van der Waals surface area contributed by atoms with Gasteiger partial charge in [-0.05, 0) is 13.3 Å². The third-order valence-electron chi connectivity index (χ3n) is 2.41. The minimum absolute atomic E-state index is 0.123. The van der Waals surface area contributed by atoms with Gasteiger partial charge in [0.05, 0.1) is 12.2 Å². The molecule has 0 bridgehead atoms. The SMILES string of the molecule is CCCCCCCCC(C)(O)CO. The predicted molar refractivity (Wildman–Crippen MR) is 55.7 cm³/mol. The van der Waals surface area contributed by atoms with Crippen molar-refractivity contribution in [2.75, 3.05) is 6.61 Å². The van der Waals surface area contributed by atoms with Crippen LogP contribution >= 0.6 is 0 Å². The van der Waals surface area contributed by atoms with Crippen LogP contribution in [-0.4, -0.2) is 22.4 Å². The number of unbranched alkanes of at least 4 members (excludes halogenated alkanes) is 5. The van der Waals surface area contributed by atoms with Crippen LogP contribution in [0.5, 0.6) is 0 Å². The normalized spacial score (nSPS) is 15.7. The summed E-state index contributed by atoms with van der Waals surface area (Å²) >= 11 is 0. The number of rotatable bonds is 8. The molecule has 2 nitrogen and oxygen atoms in total. The fourth-order valence-electron chi connectivity index (χ4n) is 1.37. The third kappa shape index (κ3) is 8.26. The molecule has 0 aliphatic rings. The second-order valence-corrected chi connectivity index (χ2v) is 4.17. The van der Waals surface area contributed by atoms with E-state index in [0.29, 0.717) is 0 Å². The van der Waals surface area contributed by atoms with Crippen LogP contribution in [0.3, 0.4) is 0 Å². The zero-order valence-electron chi connectivity index (χ0n) is 9.05. The van der Waals surface area contributed by atoms with Crippen molar-refractivity contribution in [3.05, 3.63) is 0 Å². The molecule has 0 saturated heterocycles. The van der Waals surface area contributed by atoms with Gasteiger partial charge in [-0.2, -0.15) is 0 Å². The molecule has 2 N–H and O–H groups in total. The highest BCUT2D eigenvalue weighted by atomic mass is 16.3. The molecule has 0 radical (unpaired) electrons. The molecule has 0 aromatic rings. The molecule has 0 aromatic heterocycles. The molecule has 0 heterocycles. The smallest absolute Gasteiger partial charge is 0.0849 e. The molecule has 0 spiro atoms. The fraction of sp³-hybridized carbons (Fsp3) is 1.00. The van der Waals surface area contributed by atoms with Crippen LogP contribution < -0.4 is 0 Å². The number of hydrogen-bond donors (Lipinski definition) is 2. The summed E-state index contributed by atoms with van der Waals surface area (Å²) in [6.07, 6.45) is 8.07. The Morgan fingerprint density at radius 2 is 1.54 bits per heavy atom. The average molecular weight is 188 g/mol. The topological polar surface area (TPSA) is 40.5 Å². The van der Waals surface area contributed by atoms with Crippen LogP contribution in [0.4, 0.5) is 0 Å². The van der Waals surface area contributed by atoms with Crippen molar-refractivity contribution >= 4 is 0 Å². The number of hydrogen-bond acceptors (Lipinski definition) is 2. The summed E-state index contributed by atoms with van der Waals surface area (Å²) < 4.78 is 0. The molecule has 1 unspecified atom stereocenters. The molecule has 1 atom stereocenters. The first-order chi connectivity index (χ1) is 6.12. The molecule has 2 heteroatoms. The maximum Gasteiger partial charge on any atom is 0.0849 e. The van der Waals surface area contributed by atoms with E-state index in [2.05, 4.69) is 6.92 Å². The highest BCUT2D eigenvalue weighted by Crippen LogP contribution is 2.14. The molecular formula is C11H24O2. The summed E-state index contributed by atoms with van der Waals surface area (Å²) in [4.78, 5) is 0. The Bertz CT molecular complexity index is 111. The van der Waals surface area contributed by atoms with E-state index < -0.39 is 5.60 Å². The van der Waals surface area contributed by atoms with Gasteiger partial charge in [0.15, 0.2) is 0 Å². The van der Waals surface area contributed by atoms with Crippen molar-refractivity contribution in [2.45, 2.75) is 64.4 Å². The third-order valence-corrected chi connectivity index (χ3v) is 2.41. The van der Waals surface area contributed by atoms with Crippen molar-refractivity contribution in [1.82, 2.24) is 0 Å². The molecule has 80 valence electrons. The van der Waals surface area contributed by atoms with E-state index in [1.807, 2.05) is 0 Å². The lowest BCUT2D eigenvalue weighted by Gasteiger charge is -2.19. The van der Waals surface area contributed by atoms with Gasteiger partial charge in [0.1, 0.15) is 0 Å². The molecular weight excluding hydrogens is 164 g/mol. The summed E-state index contributed by atoms with van der Waals surface area (Å²) in [5.41, 5.74) is -0.856. The first kappa shape index (κ1) is 12.9. The largest absolute Gasteiger partial charge is 0.393 e. The fourth-order valence-corrected chi connectivity index (χ4v) is 1.37. The maximum absolute atomic E-state index is 9.48. The Morgan fingerprint density at radius 3 is 2.08 bits per heavy atom. The van der Waals surface area contributed by atoms with Crippen molar-refractivity contribution in [1.29, 1.82) is 0 Å². The summed E-state index contributed by atoms with van der Waals surface area (Å²) in [7, 11) is 0. The van der Waals surface area contributed by atoms with Gasteiger partial charge in [-0.25, -0.2) is 0 Å². The molecule has 0 aliphatic carbocycles. The van der Waals surface area contributed by atoms with Crippen molar-refractivity contribution in [3.8, 4) is 0 Å². The van der Waals surface area contributed by atoms with Crippen molar-refractivity contribution in [2.24, 2.45) is 0 Å². The van der Waals surface area contributed by atoms with Gasteiger partial charge < -0.3 is 10.2 Å². The second kappa shape index (κ2) is 7.34. The van der Waals surface area contributed by atoms with Crippen LogP contribution in [0.25, 0.3) is 0 Å². The predicted octanol–water partition coefficient (Wildman–Crippen LogP) is 2.48. The van der Waals surface area contributed by atoms with Crippen LogP contribution in [0.2, 0.25) is 0 Å². The summed E-state index contributed by atoms with van der Waals surface area (Å²) in [6.45, 7) is 3.78. The van der Waals surface area contributed by atoms with Gasteiger partial charge in [-0.1, -0.05) is 45.4 Å². The summed E-state index contributed by atoms with van der Waals surface area (Å²) in [6, 6.07) is 0. The van der Waals surface area contributed by atoms with Crippen LogP contribution in [0.1, 0.15) is 58.8 Å². The Labute approximate surface area is 82.0 Å². The molecule has 0 saturated carbocycles. The first-order valence-electron chi connectivity index (χ1n) is 5.45. The van der Waals surface area contributed by atoms with E-state index >= 15 is 0 Å². The van der Waals surface area contributed by atoms with E-state index in [4.69, 9.17) is 5.11 Å². The molecule has 0 rings (SSSR count). The van der Waals surface area contributed by atoms with Gasteiger partial charge >= 0.3 is 0 Å². The van der Waals surface area contributed by atoms with Gasteiger partial charge in [0.25, 0.3) is 0 Å². The van der Waals surface area contributed by atoms with E-state index in [-0.39, 0.29) is 6.61 Å². The molecule has 0 amide bonds. The van der Waals surface area contributed by atoms with Crippen LogP contribution in [0, 0.1) is 0 Å². The Kier molecular flexibility index (Phi) is 7.29. The standard InChI is InChI=1S/C11H24O2/c1-3-4-5-6-7-8-9-11(2,13)10-12/h12-13H,3-10H2,1-2H3. The molecule has 0 fully saturated rings. The van der Waals surface area contributed by atoms with Gasteiger partial charge in [0.2, 0.25) is 0 Å². The van der Waals surface area contributed by atoms with Crippen molar-refractivity contribution in [3.63, 3.8) is 0 Å². The molecule has 0 aromatic carbocycles. The zero-order valence-corrected chi connectivity index (χ0v) is 9.05. The van der Waals surface area contributed by atoms with E-state index in [1.165, 1.54) is 32.1 Å². The minimum Gasteiger partial charge on any atom is -0.393 e. The van der Waals surface area contributed by atoms with Crippen LogP contribution in [-0.2, 0) is 0 Å². The molecule has 0 aliphatic heterocycles. The molecule has 13 heavy (non-hydrogen) atoms. The van der Waals surface area contributed by atoms with Gasteiger partial charge in [-0.15, -0.1) is 0 Å². The Balaban J connectivity index is 3.16. The lowest BCUT2D eigenvalue weighted by Crippen LogP contribution is -2.28. The number of aliphatic hydroxyl groups is 2. The second-order valence-electron chi connectivity index (χ2n) is 4.17. The average Bonchev–Trinajstić information content (AvgIpc) is 2.11. The lowest BCUT2D eigenvalue weighted by molar-refractivity contribution is -0.00695. The Hall–Kier alpha value is -0.0800. The number of aliphatic hydroxyl groups excluding tert-OH is 1. The Morgan fingerprint density at radius 1 is 1.00 bits per heavy atom. The van der Waals surface area contributed by atoms with E-state index in [9.17, 15) is 5.11 Å². The zero-order chi connectivity index (χ0) is 10.2. The lowest BCUT2D eigenvalue weighted by atomic mass is 9.99. The van der Waals surface area contributed by atoms with Gasteiger partial charge in [-0.3, -0.25) is 0 Å². The highest BCUT2D eigenvalue weighted by molar-refractivity contribution is 4.70. The van der Waals surface area contributed by atoms with Crippen LogP contribution in [0.15, 0.2) is 0 Å². The highest BCUT2D eigenvalue weighted by Gasteiger charge is 2.17. The minimum atomic E-state index is -0.856. The monoisotopic (exact) mass is 188 g/mol. The summed E-state index contributed by atoms with van der Waals surface area (Å²) in [5.74, 6) is 0. The summed E-state index contributed by atoms with van der Waals surface area (Å²) in [5, 5.41) is 18.3. The van der Waals surface area contributed by atoms with E-state index in [1.54, 1.807) is 6.92 Å². The first-order valence-corrected chi connectivity index (χ1v) is 5.45. The van der Waals surface area contributed by atoms with E-state index in [0.717, 1.165) is 12.8 Å². The van der Waals surface area contributed by atoms with Gasteiger partial charge in [0, 0.05) is 0 Å². The quantitative estimate of drug-likeness (QED) is 0.574. The maximum atomic E-state index is 9.48. The van der Waals surface area contributed by atoms with Crippen molar-refractivity contribution < 1.29 is 10.2 Å².